The molecule has 1 aromatic carbocycles. The third kappa shape index (κ3) is 3.20. The summed E-state index contributed by atoms with van der Waals surface area (Å²) in [6.07, 6.45) is 2.55. The van der Waals surface area contributed by atoms with Gasteiger partial charge >= 0.3 is 0 Å². The van der Waals surface area contributed by atoms with Crippen molar-refractivity contribution in [3.8, 4) is 0 Å². The van der Waals surface area contributed by atoms with Crippen LogP contribution in [0.25, 0.3) is 0 Å². The lowest BCUT2D eigenvalue weighted by atomic mass is 9.97. The number of nitrogens with zero attached hydrogens (tertiary/aromatic N) is 4. The second kappa shape index (κ2) is 6.78. The second-order valence-corrected chi connectivity index (χ2v) is 6.26. The van der Waals surface area contributed by atoms with Crippen LogP contribution in [0.4, 0.5) is 5.82 Å². The lowest BCUT2D eigenvalue weighted by molar-refractivity contribution is 0.0298. The summed E-state index contributed by atoms with van der Waals surface area (Å²) < 4.78 is 5.28. The Kier molecular flexibility index (Phi) is 4.33. The minimum Gasteiger partial charge on any atom is -0.387 e. The Morgan fingerprint density at radius 3 is 2.84 bits per heavy atom. The standard InChI is InChI=1S/C18H20N4O3/c23-16-12-22(11-13-3-1-2-4-14(13)16)17-10-19-9-15(20-17)18(24)21-5-7-25-8-6-21/h1-4,9-10,16,23H,5-8,11-12H2/t16-/m0/s1. The Hall–Kier alpha value is -2.51. The van der Waals surface area contributed by atoms with Crippen LogP contribution < -0.4 is 4.90 Å². The highest BCUT2D eigenvalue weighted by atomic mass is 16.5. The van der Waals surface area contributed by atoms with E-state index >= 15 is 0 Å². The molecule has 0 aliphatic carbocycles. The maximum Gasteiger partial charge on any atom is 0.274 e. The Morgan fingerprint density at radius 1 is 1.20 bits per heavy atom. The molecule has 0 radical (unpaired) electrons. The molecule has 1 amide bonds. The number of aliphatic hydroxyl groups excluding tert-OH is 1. The van der Waals surface area contributed by atoms with Crippen LogP contribution in [0.5, 0.6) is 0 Å². The van der Waals surface area contributed by atoms with Gasteiger partial charge in [-0.3, -0.25) is 9.78 Å². The molecule has 1 atom stereocenters. The third-order valence-electron chi connectivity index (χ3n) is 4.63. The van der Waals surface area contributed by atoms with Crippen molar-refractivity contribution in [1.29, 1.82) is 0 Å². The van der Waals surface area contributed by atoms with Gasteiger partial charge in [-0.2, -0.15) is 0 Å². The van der Waals surface area contributed by atoms with Gasteiger partial charge in [0.2, 0.25) is 0 Å². The molecule has 25 heavy (non-hydrogen) atoms. The fourth-order valence-corrected chi connectivity index (χ4v) is 3.29. The average molecular weight is 340 g/mol. The highest BCUT2D eigenvalue weighted by molar-refractivity contribution is 5.92. The van der Waals surface area contributed by atoms with E-state index in [0.29, 0.717) is 50.9 Å². The van der Waals surface area contributed by atoms with Crippen molar-refractivity contribution in [1.82, 2.24) is 14.9 Å². The van der Waals surface area contributed by atoms with Crippen LogP contribution in [0, 0.1) is 0 Å². The number of carbonyl (C=O) groups is 1. The predicted octanol–water partition coefficient (Wildman–Crippen LogP) is 1.00. The molecule has 4 rings (SSSR count). The number of rotatable bonds is 2. The van der Waals surface area contributed by atoms with E-state index in [1.807, 2.05) is 29.2 Å². The topological polar surface area (TPSA) is 78.8 Å². The molecule has 7 nitrogen and oxygen atoms in total. The van der Waals surface area contributed by atoms with Crippen molar-refractivity contribution in [2.45, 2.75) is 12.6 Å². The van der Waals surface area contributed by atoms with Crippen LogP contribution >= 0.6 is 0 Å². The molecule has 1 N–H and O–H groups in total. The fraction of sp³-hybridized carbons (Fsp3) is 0.389. The largest absolute Gasteiger partial charge is 0.387 e. The number of β-amino-alcohol motifs (C(OH)–C–C–N with tert-alkyl or cyclic N) is 1. The molecule has 3 heterocycles. The number of benzene rings is 1. The molecule has 2 aromatic rings. The van der Waals surface area contributed by atoms with Crippen molar-refractivity contribution < 1.29 is 14.6 Å². The van der Waals surface area contributed by atoms with Gasteiger partial charge in [-0.25, -0.2) is 4.98 Å². The van der Waals surface area contributed by atoms with Crippen molar-refractivity contribution in [3.05, 3.63) is 53.5 Å². The molecule has 0 saturated carbocycles. The van der Waals surface area contributed by atoms with E-state index in [1.165, 1.54) is 6.20 Å². The lowest BCUT2D eigenvalue weighted by Gasteiger charge is -2.33. The first kappa shape index (κ1) is 16.0. The Balaban J connectivity index is 1.57. The van der Waals surface area contributed by atoms with E-state index in [0.717, 1.165) is 11.1 Å². The van der Waals surface area contributed by atoms with Gasteiger partial charge in [0.25, 0.3) is 5.91 Å². The monoisotopic (exact) mass is 340 g/mol. The van der Waals surface area contributed by atoms with E-state index in [4.69, 9.17) is 4.74 Å². The number of fused-ring (bicyclic) bond motifs is 1. The molecule has 1 fully saturated rings. The summed E-state index contributed by atoms with van der Waals surface area (Å²) in [5.41, 5.74) is 2.34. The molecule has 2 aliphatic rings. The Labute approximate surface area is 145 Å². The van der Waals surface area contributed by atoms with Crippen molar-refractivity contribution in [2.24, 2.45) is 0 Å². The summed E-state index contributed by atoms with van der Waals surface area (Å²) in [7, 11) is 0. The van der Waals surface area contributed by atoms with Gasteiger partial charge in [-0.05, 0) is 11.1 Å². The van der Waals surface area contributed by atoms with Crippen LogP contribution in [-0.2, 0) is 11.3 Å². The predicted molar refractivity (Wildman–Crippen MR) is 91.2 cm³/mol. The molecule has 0 unspecified atom stereocenters. The Morgan fingerprint density at radius 2 is 2.00 bits per heavy atom. The number of aliphatic hydroxyl groups is 1. The zero-order valence-electron chi connectivity index (χ0n) is 13.8. The van der Waals surface area contributed by atoms with E-state index < -0.39 is 6.10 Å². The van der Waals surface area contributed by atoms with E-state index in [1.54, 1.807) is 11.1 Å². The number of aromatic nitrogens is 2. The molecule has 7 heteroatoms. The van der Waals surface area contributed by atoms with Gasteiger partial charge in [-0.15, -0.1) is 0 Å². The van der Waals surface area contributed by atoms with Crippen molar-refractivity contribution in [3.63, 3.8) is 0 Å². The molecule has 2 aliphatic heterocycles. The van der Waals surface area contributed by atoms with E-state index in [-0.39, 0.29) is 5.91 Å². The van der Waals surface area contributed by atoms with Crippen molar-refractivity contribution >= 4 is 11.7 Å². The normalized spacial score (nSPS) is 20.3. The summed E-state index contributed by atoms with van der Waals surface area (Å²) in [5, 5.41) is 10.4. The number of amides is 1. The van der Waals surface area contributed by atoms with Gasteiger partial charge in [0.15, 0.2) is 0 Å². The lowest BCUT2D eigenvalue weighted by Crippen LogP contribution is -2.41. The molecule has 1 saturated heterocycles. The highest BCUT2D eigenvalue weighted by Crippen LogP contribution is 2.28. The zero-order valence-corrected chi connectivity index (χ0v) is 13.8. The van der Waals surface area contributed by atoms with Crippen LogP contribution in [0.1, 0.15) is 27.7 Å². The average Bonchev–Trinajstić information content (AvgIpc) is 2.68. The summed E-state index contributed by atoms with van der Waals surface area (Å²) in [6.45, 7) is 3.31. The second-order valence-electron chi connectivity index (χ2n) is 6.26. The number of morpholine rings is 1. The molecule has 0 bridgehead atoms. The quantitative estimate of drug-likeness (QED) is 0.879. The first-order valence-electron chi connectivity index (χ1n) is 8.42. The van der Waals surface area contributed by atoms with Crippen LogP contribution in [0.15, 0.2) is 36.7 Å². The summed E-state index contributed by atoms with van der Waals surface area (Å²) in [5.74, 6) is 0.475. The smallest absolute Gasteiger partial charge is 0.274 e. The zero-order chi connectivity index (χ0) is 17.2. The van der Waals surface area contributed by atoms with Crippen LogP contribution in [0.3, 0.4) is 0 Å². The number of anilines is 1. The summed E-state index contributed by atoms with van der Waals surface area (Å²) in [6, 6.07) is 7.83. The van der Waals surface area contributed by atoms with Gasteiger partial charge in [0.05, 0.1) is 31.7 Å². The minimum absolute atomic E-state index is 0.129. The molecule has 0 spiro atoms. The molecular weight excluding hydrogens is 320 g/mol. The summed E-state index contributed by atoms with van der Waals surface area (Å²) in [4.78, 5) is 25.0. The number of ether oxygens (including phenoxy) is 1. The van der Waals surface area contributed by atoms with Gasteiger partial charge < -0.3 is 19.6 Å². The number of hydrogen-bond donors (Lipinski definition) is 1. The van der Waals surface area contributed by atoms with Gasteiger partial charge in [0, 0.05) is 26.2 Å². The van der Waals surface area contributed by atoms with E-state index in [2.05, 4.69) is 9.97 Å². The molecule has 1 aromatic heterocycles. The maximum atomic E-state index is 12.6. The molecular formula is C18H20N4O3. The Bertz CT molecular complexity index is 776. The number of hydrogen-bond acceptors (Lipinski definition) is 6. The van der Waals surface area contributed by atoms with Crippen molar-refractivity contribution in [2.75, 3.05) is 37.7 Å². The summed E-state index contributed by atoms with van der Waals surface area (Å²) >= 11 is 0. The number of carbonyl (C=O) groups excluding carboxylic acids is 1. The maximum absolute atomic E-state index is 12.6. The first-order valence-corrected chi connectivity index (χ1v) is 8.42. The first-order chi connectivity index (χ1) is 12.2. The fourth-order valence-electron chi connectivity index (χ4n) is 3.29. The van der Waals surface area contributed by atoms with Crippen LogP contribution in [-0.4, -0.2) is 58.7 Å². The van der Waals surface area contributed by atoms with E-state index in [9.17, 15) is 9.90 Å². The van der Waals surface area contributed by atoms with Gasteiger partial charge in [0.1, 0.15) is 11.5 Å². The van der Waals surface area contributed by atoms with Crippen LogP contribution in [0.2, 0.25) is 0 Å². The minimum atomic E-state index is -0.578. The third-order valence-corrected chi connectivity index (χ3v) is 4.63. The highest BCUT2D eigenvalue weighted by Gasteiger charge is 2.26. The van der Waals surface area contributed by atoms with Gasteiger partial charge in [-0.1, -0.05) is 24.3 Å². The molecule has 130 valence electrons. The SMILES string of the molecule is O=C(c1cncc(N2Cc3ccccc3[C@@H](O)C2)n1)N1CCOCC1.